The number of carbonyl (C=O) groups is 1. The first-order valence-electron chi connectivity index (χ1n) is 8.93. The molecule has 3 rings (SSSR count). The van der Waals surface area contributed by atoms with E-state index in [0.29, 0.717) is 18.2 Å². The van der Waals surface area contributed by atoms with Gasteiger partial charge in [0.15, 0.2) is 0 Å². The van der Waals surface area contributed by atoms with Gasteiger partial charge in [-0.2, -0.15) is 0 Å². The van der Waals surface area contributed by atoms with Crippen LogP contribution < -0.4 is 11.1 Å². The molecule has 144 valence electrons. The van der Waals surface area contributed by atoms with Gasteiger partial charge in [0.2, 0.25) is 5.91 Å². The van der Waals surface area contributed by atoms with E-state index in [1.54, 1.807) is 17.7 Å². The summed E-state index contributed by atoms with van der Waals surface area (Å²) < 4.78 is 0. The lowest BCUT2D eigenvalue weighted by Crippen LogP contribution is -2.46. The molecule has 1 aliphatic rings. The third-order valence-electron chi connectivity index (χ3n) is 5.09. The molecule has 2 aromatic heterocycles. The van der Waals surface area contributed by atoms with Crippen LogP contribution in [0.2, 0.25) is 0 Å². The number of halogens is 1. The van der Waals surface area contributed by atoms with Gasteiger partial charge in [-0.25, -0.2) is 9.97 Å². The number of thioether (sulfide) groups is 1. The molecule has 1 saturated carbocycles. The van der Waals surface area contributed by atoms with Gasteiger partial charge in [0.25, 0.3) is 0 Å². The van der Waals surface area contributed by atoms with E-state index >= 15 is 0 Å². The number of nitrogens with one attached hydrogen (secondary N) is 1. The smallest absolute Gasteiger partial charge is 0.230 e. The molecular weight excluding hydrogens is 388 g/mol. The maximum absolute atomic E-state index is 12.4. The van der Waals surface area contributed by atoms with Crippen LogP contribution in [-0.2, 0) is 4.79 Å². The number of aromatic nitrogens is 2. The van der Waals surface area contributed by atoms with Gasteiger partial charge in [0.05, 0.1) is 5.75 Å². The number of nitrogens with zero attached hydrogens (tertiary/aromatic N) is 2. The first kappa shape index (κ1) is 21.4. The molecule has 1 amide bonds. The second-order valence-electron chi connectivity index (χ2n) is 6.74. The lowest BCUT2D eigenvalue weighted by Gasteiger charge is -2.30. The van der Waals surface area contributed by atoms with Crippen LogP contribution in [0.4, 0.5) is 0 Å². The van der Waals surface area contributed by atoms with E-state index < -0.39 is 0 Å². The van der Waals surface area contributed by atoms with Gasteiger partial charge in [-0.05, 0) is 38.2 Å². The SMILES string of the molecule is Cc1sc2ncnc(SCC(=O)NC(CN)C3CCCCC3)c2c1C.Cl. The predicted molar refractivity (Wildman–Crippen MR) is 112 cm³/mol. The maximum atomic E-state index is 12.4. The van der Waals surface area contributed by atoms with E-state index in [1.807, 2.05) is 0 Å². The molecule has 0 saturated heterocycles. The minimum Gasteiger partial charge on any atom is -0.351 e. The summed E-state index contributed by atoms with van der Waals surface area (Å²) >= 11 is 3.17. The molecule has 2 heterocycles. The van der Waals surface area contributed by atoms with E-state index in [1.165, 1.54) is 54.3 Å². The van der Waals surface area contributed by atoms with Gasteiger partial charge in [0, 0.05) is 22.8 Å². The molecule has 8 heteroatoms. The van der Waals surface area contributed by atoms with Crippen LogP contribution in [0, 0.1) is 19.8 Å². The Labute approximate surface area is 169 Å². The van der Waals surface area contributed by atoms with Gasteiger partial charge in [-0.15, -0.1) is 23.7 Å². The number of hydrogen-bond donors (Lipinski definition) is 2. The zero-order valence-corrected chi connectivity index (χ0v) is 17.7. The Hall–Kier alpha value is -0.890. The van der Waals surface area contributed by atoms with E-state index in [4.69, 9.17) is 5.73 Å². The largest absolute Gasteiger partial charge is 0.351 e. The molecule has 0 radical (unpaired) electrons. The number of carbonyl (C=O) groups excluding carboxylic acids is 1. The molecule has 2 aromatic rings. The highest BCUT2D eigenvalue weighted by molar-refractivity contribution is 8.00. The molecule has 5 nitrogen and oxygen atoms in total. The number of fused-ring (bicyclic) bond motifs is 1. The van der Waals surface area contributed by atoms with E-state index in [-0.39, 0.29) is 24.4 Å². The molecule has 1 atom stereocenters. The fourth-order valence-corrected chi connectivity index (χ4v) is 5.48. The van der Waals surface area contributed by atoms with Crippen LogP contribution in [0.25, 0.3) is 10.2 Å². The summed E-state index contributed by atoms with van der Waals surface area (Å²) in [4.78, 5) is 23.4. The molecule has 3 N–H and O–H groups in total. The van der Waals surface area contributed by atoms with Gasteiger partial charge < -0.3 is 11.1 Å². The van der Waals surface area contributed by atoms with Crippen molar-refractivity contribution in [3.05, 3.63) is 16.8 Å². The lowest BCUT2D eigenvalue weighted by molar-refractivity contribution is -0.119. The molecular formula is C18H27ClN4OS2. The van der Waals surface area contributed by atoms with E-state index in [0.717, 1.165) is 15.2 Å². The van der Waals surface area contributed by atoms with Crippen molar-refractivity contribution >= 4 is 51.6 Å². The van der Waals surface area contributed by atoms with Crippen LogP contribution in [-0.4, -0.2) is 34.2 Å². The quantitative estimate of drug-likeness (QED) is 0.554. The second-order valence-corrected chi connectivity index (χ2v) is 8.91. The van der Waals surface area contributed by atoms with Crippen LogP contribution in [0.15, 0.2) is 11.4 Å². The monoisotopic (exact) mass is 414 g/mol. The topological polar surface area (TPSA) is 80.9 Å². The summed E-state index contributed by atoms with van der Waals surface area (Å²) in [7, 11) is 0. The summed E-state index contributed by atoms with van der Waals surface area (Å²) in [6.45, 7) is 4.70. The Kier molecular flexibility index (Phi) is 8.13. The zero-order chi connectivity index (χ0) is 17.8. The van der Waals surface area contributed by atoms with E-state index in [2.05, 4.69) is 29.1 Å². The molecule has 1 aliphatic carbocycles. The molecule has 26 heavy (non-hydrogen) atoms. The number of hydrogen-bond acceptors (Lipinski definition) is 6. The van der Waals surface area contributed by atoms with E-state index in [9.17, 15) is 4.79 Å². The standard InChI is InChI=1S/C18H26N4OS2.ClH/c1-11-12(2)25-18-16(11)17(20-10-21-18)24-9-15(23)22-14(8-19)13-6-4-3-5-7-13;/h10,13-14H,3-9,19H2,1-2H3,(H,22,23);1H. The maximum Gasteiger partial charge on any atom is 0.230 e. The van der Waals surface area contributed by atoms with Crippen LogP contribution in [0.3, 0.4) is 0 Å². The third-order valence-corrected chi connectivity index (χ3v) is 7.19. The minimum atomic E-state index is 0. The van der Waals surface area contributed by atoms with Crippen molar-refractivity contribution in [1.82, 2.24) is 15.3 Å². The second kappa shape index (κ2) is 9.88. The number of thiophene rings is 1. The van der Waals surface area contributed by atoms with Crippen LogP contribution in [0.5, 0.6) is 0 Å². The van der Waals surface area contributed by atoms with Gasteiger partial charge >= 0.3 is 0 Å². The number of aryl methyl sites for hydroxylation is 2. The summed E-state index contributed by atoms with van der Waals surface area (Å²) in [6.07, 6.45) is 7.75. The fourth-order valence-electron chi connectivity index (χ4n) is 3.55. The average Bonchev–Trinajstić information content (AvgIpc) is 2.93. The highest BCUT2D eigenvalue weighted by Gasteiger charge is 2.24. The Morgan fingerprint density at radius 1 is 1.35 bits per heavy atom. The van der Waals surface area contributed by atoms with Crippen molar-refractivity contribution in [2.75, 3.05) is 12.3 Å². The van der Waals surface area contributed by atoms with Crippen molar-refractivity contribution in [2.45, 2.75) is 57.0 Å². The van der Waals surface area contributed by atoms with Crippen molar-refractivity contribution in [3.8, 4) is 0 Å². The minimum absolute atomic E-state index is 0. The molecule has 0 spiro atoms. The normalized spacial score (nSPS) is 16.3. The zero-order valence-electron chi connectivity index (χ0n) is 15.3. The number of rotatable bonds is 6. The van der Waals surface area contributed by atoms with Crippen molar-refractivity contribution < 1.29 is 4.79 Å². The average molecular weight is 415 g/mol. The predicted octanol–water partition coefficient (Wildman–Crippen LogP) is 3.85. The molecule has 0 aromatic carbocycles. The molecule has 1 unspecified atom stereocenters. The lowest BCUT2D eigenvalue weighted by atomic mass is 9.84. The molecule has 0 bridgehead atoms. The van der Waals surface area contributed by atoms with Crippen LogP contribution in [0.1, 0.15) is 42.5 Å². The van der Waals surface area contributed by atoms with Crippen molar-refractivity contribution in [3.63, 3.8) is 0 Å². The Balaban J connectivity index is 0.00000243. The molecule has 0 aliphatic heterocycles. The van der Waals surface area contributed by atoms with Gasteiger partial charge in [-0.3, -0.25) is 4.79 Å². The summed E-state index contributed by atoms with van der Waals surface area (Å²) in [5.41, 5.74) is 7.13. The Bertz CT molecular complexity index is 746. The Morgan fingerprint density at radius 2 is 2.08 bits per heavy atom. The Morgan fingerprint density at radius 3 is 2.77 bits per heavy atom. The van der Waals surface area contributed by atoms with Crippen molar-refractivity contribution in [1.29, 1.82) is 0 Å². The first-order chi connectivity index (χ1) is 12.1. The number of amides is 1. The van der Waals surface area contributed by atoms with Gasteiger partial charge in [-0.1, -0.05) is 31.0 Å². The highest BCUT2D eigenvalue weighted by atomic mass is 35.5. The molecule has 1 fully saturated rings. The van der Waals surface area contributed by atoms with Crippen LogP contribution >= 0.6 is 35.5 Å². The third kappa shape index (κ3) is 4.88. The summed E-state index contributed by atoms with van der Waals surface area (Å²) in [5, 5.41) is 5.13. The summed E-state index contributed by atoms with van der Waals surface area (Å²) in [6, 6.07) is 0.101. The number of nitrogens with two attached hydrogens (primary N) is 1. The summed E-state index contributed by atoms with van der Waals surface area (Å²) in [5.74, 6) is 0.937. The van der Waals surface area contributed by atoms with Crippen molar-refractivity contribution in [2.24, 2.45) is 11.7 Å². The first-order valence-corrected chi connectivity index (χ1v) is 10.7. The fraction of sp³-hybridized carbons (Fsp3) is 0.611. The highest BCUT2D eigenvalue weighted by Crippen LogP contribution is 2.34. The van der Waals surface area contributed by atoms with Gasteiger partial charge in [0.1, 0.15) is 16.2 Å².